The van der Waals surface area contributed by atoms with E-state index < -0.39 is 42.3 Å². The SMILES string of the molecule is NC(=O)C[C@H](NC(=O)[C@H](CCCN=C(N)N)NC(=O)[C@@H]1CCCN1)C(=O)O. The van der Waals surface area contributed by atoms with E-state index in [2.05, 4.69) is 20.9 Å². The Labute approximate surface area is 156 Å². The number of aliphatic carboxylic acids is 1. The lowest BCUT2D eigenvalue weighted by Gasteiger charge is -2.22. The number of hydrogen-bond donors (Lipinski definition) is 7. The number of carbonyl (C=O) groups excluding carboxylic acids is 3. The van der Waals surface area contributed by atoms with Crippen molar-refractivity contribution in [2.75, 3.05) is 13.1 Å². The summed E-state index contributed by atoms with van der Waals surface area (Å²) in [6.07, 6.45) is 1.50. The van der Waals surface area contributed by atoms with Gasteiger partial charge in [-0.15, -0.1) is 0 Å². The third kappa shape index (κ3) is 8.35. The Morgan fingerprint density at radius 2 is 1.85 bits per heavy atom. The molecule has 12 nitrogen and oxygen atoms in total. The molecule has 0 radical (unpaired) electrons. The van der Waals surface area contributed by atoms with E-state index in [1.165, 1.54) is 0 Å². The molecule has 0 aromatic heterocycles. The van der Waals surface area contributed by atoms with E-state index in [0.717, 1.165) is 6.42 Å². The normalized spacial score (nSPS) is 18.1. The van der Waals surface area contributed by atoms with Crippen molar-refractivity contribution in [2.45, 2.75) is 50.2 Å². The zero-order valence-electron chi connectivity index (χ0n) is 14.9. The largest absolute Gasteiger partial charge is 0.480 e. The van der Waals surface area contributed by atoms with Gasteiger partial charge in [0.05, 0.1) is 12.5 Å². The van der Waals surface area contributed by atoms with Crippen molar-refractivity contribution in [2.24, 2.45) is 22.2 Å². The summed E-state index contributed by atoms with van der Waals surface area (Å²) in [5.74, 6) is -3.44. The van der Waals surface area contributed by atoms with Crippen LogP contribution >= 0.6 is 0 Å². The number of aliphatic imine (C=N–C) groups is 1. The van der Waals surface area contributed by atoms with Crippen molar-refractivity contribution >= 4 is 29.7 Å². The summed E-state index contributed by atoms with van der Waals surface area (Å²) in [6.45, 7) is 0.951. The van der Waals surface area contributed by atoms with Gasteiger partial charge >= 0.3 is 5.97 Å². The van der Waals surface area contributed by atoms with Crippen LogP contribution in [0.3, 0.4) is 0 Å². The van der Waals surface area contributed by atoms with Gasteiger partial charge in [-0.25, -0.2) is 4.79 Å². The molecule has 0 aromatic rings. The van der Waals surface area contributed by atoms with E-state index in [9.17, 15) is 19.2 Å². The summed E-state index contributed by atoms with van der Waals surface area (Å²) >= 11 is 0. The molecule has 1 aliphatic rings. The number of rotatable bonds is 11. The molecule has 1 aliphatic heterocycles. The molecule has 1 heterocycles. The third-order valence-corrected chi connectivity index (χ3v) is 3.97. The molecule has 10 N–H and O–H groups in total. The van der Waals surface area contributed by atoms with Gasteiger partial charge in [0.15, 0.2) is 5.96 Å². The van der Waals surface area contributed by atoms with Crippen molar-refractivity contribution in [3.63, 3.8) is 0 Å². The summed E-state index contributed by atoms with van der Waals surface area (Å²) in [7, 11) is 0. The van der Waals surface area contributed by atoms with Crippen LogP contribution in [-0.2, 0) is 19.2 Å². The number of hydrogen-bond acceptors (Lipinski definition) is 6. The maximum atomic E-state index is 12.5. The number of nitrogens with one attached hydrogen (secondary N) is 3. The van der Waals surface area contributed by atoms with Crippen molar-refractivity contribution in [1.29, 1.82) is 0 Å². The molecular formula is C15H27N7O5. The van der Waals surface area contributed by atoms with Crippen molar-refractivity contribution in [3.05, 3.63) is 0 Å². The van der Waals surface area contributed by atoms with Gasteiger partial charge in [-0.05, 0) is 32.2 Å². The topological polar surface area (TPSA) is 215 Å². The van der Waals surface area contributed by atoms with Crippen LogP contribution in [0.4, 0.5) is 0 Å². The molecule has 12 heteroatoms. The maximum absolute atomic E-state index is 12.5. The first-order chi connectivity index (χ1) is 12.7. The molecule has 0 spiro atoms. The van der Waals surface area contributed by atoms with Gasteiger partial charge in [0.25, 0.3) is 0 Å². The number of carboxylic acids is 1. The lowest BCUT2D eigenvalue weighted by Crippen LogP contribution is -2.54. The maximum Gasteiger partial charge on any atom is 0.326 e. The lowest BCUT2D eigenvalue weighted by atomic mass is 10.1. The second kappa shape index (κ2) is 11.0. The second-order valence-corrected chi connectivity index (χ2v) is 6.23. The molecule has 0 saturated carbocycles. The summed E-state index contributed by atoms with van der Waals surface area (Å²) in [6, 6.07) is -2.88. The Kier molecular flexibility index (Phi) is 8.99. The minimum Gasteiger partial charge on any atom is -0.480 e. The van der Waals surface area contributed by atoms with Gasteiger partial charge in [-0.3, -0.25) is 19.4 Å². The van der Waals surface area contributed by atoms with Gasteiger partial charge < -0.3 is 38.3 Å². The fraction of sp³-hybridized carbons (Fsp3) is 0.667. The number of amides is 3. The highest BCUT2D eigenvalue weighted by Crippen LogP contribution is 2.07. The Hall–Kier alpha value is -2.89. The number of nitrogens with two attached hydrogens (primary N) is 3. The second-order valence-electron chi connectivity index (χ2n) is 6.23. The Bertz CT molecular complexity index is 585. The number of guanidine groups is 1. The minimum atomic E-state index is -1.48. The molecule has 1 rings (SSSR count). The predicted octanol–water partition coefficient (Wildman–Crippen LogP) is -3.28. The van der Waals surface area contributed by atoms with Crippen LogP contribution in [-0.4, -0.2) is 66.0 Å². The Morgan fingerprint density at radius 1 is 1.15 bits per heavy atom. The monoisotopic (exact) mass is 385 g/mol. The van der Waals surface area contributed by atoms with Crippen LogP contribution in [0.15, 0.2) is 4.99 Å². The van der Waals surface area contributed by atoms with Gasteiger partial charge in [-0.1, -0.05) is 0 Å². The molecule has 152 valence electrons. The fourth-order valence-electron chi connectivity index (χ4n) is 2.63. The van der Waals surface area contributed by atoms with Gasteiger partial charge in [0, 0.05) is 6.54 Å². The highest BCUT2D eigenvalue weighted by molar-refractivity contribution is 5.93. The number of primary amides is 1. The predicted molar refractivity (Wildman–Crippen MR) is 96.2 cm³/mol. The number of nitrogens with zero attached hydrogens (tertiary/aromatic N) is 1. The molecule has 1 saturated heterocycles. The Morgan fingerprint density at radius 3 is 2.37 bits per heavy atom. The van der Waals surface area contributed by atoms with E-state index in [1.54, 1.807) is 0 Å². The molecule has 1 fully saturated rings. The quantitative estimate of drug-likeness (QED) is 0.108. The van der Waals surface area contributed by atoms with Crippen LogP contribution < -0.4 is 33.2 Å². The van der Waals surface area contributed by atoms with Crippen molar-refractivity contribution < 1.29 is 24.3 Å². The van der Waals surface area contributed by atoms with E-state index in [0.29, 0.717) is 19.4 Å². The first-order valence-corrected chi connectivity index (χ1v) is 8.61. The highest BCUT2D eigenvalue weighted by Gasteiger charge is 2.30. The van der Waals surface area contributed by atoms with E-state index in [-0.39, 0.29) is 24.8 Å². The van der Waals surface area contributed by atoms with Crippen molar-refractivity contribution in [3.8, 4) is 0 Å². The van der Waals surface area contributed by atoms with E-state index in [1.807, 2.05) is 0 Å². The standard InChI is InChI=1S/C15H27N7O5/c16-11(23)7-10(14(26)27)22-13(25)9(4-2-6-20-15(17)18)21-12(24)8-3-1-5-19-8/h8-10,19H,1-7H2,(H2,16,23)(H,21,24)(H,22,25)(H,26,27)(H4,17,18,20)/t8-,9-,10-/m0/s1. The fourth-order valence-corrected chi connectivity index (χ4v) is 2.63. The van der Waals surface area contributed by atoms with Crippen LogP contribution in [0.5, 0.6) is 0 Å². The molecule has 0 aliphatic carbocycles. The average molecular weight is 385 g/mol. The number of carboxylic acid groups (broad SMARTS) is 1. The average Bonchev–Trinajstić information content (AvgIpc) is 3.10. The molecule has 3 amide bonds. The van der Waals surface area contributed by atoms with Crippen LogP contribution in [0.1, 0.15) is 32.1 Å². The van der Waals surface area contributed by atoms with Crippen LogP contribution in [0, 0.1) is 0 Å². The summed E-state index contributed by atoms with van der Waals surface area (Å²) in [5, 5.41) is 17.0. The van der Waals surface area contributed by atoms with Gasteiger partial charge in [0.1, 0.15) is 12.1 Å². The van der Waals surface area contributed by atoms with Crippen LogP contribution in [0.25, 0.3) is 0 Å². The first kappa shape index (κ1) is 22.2. The molecule has 0 unspecified atom stereocenters. The van der Waals surface area contributed by atoms with E-state index >= 15 is 0 Å². The molecule has 3 atom stereocenters. The molecule has 0 aromatic carbocycles. The minimum absolute atomic E-state index is 0.0948. The number of carbonyl (C=O) groups is 4. The summed E-state index contributed by atoms with van der Waals surface area (Å²) < 4.78 is 0. The van der Waals surface area contributed by atoms with Gasteiger partial charge in [0.2, 0.25) is 17.7 Å². The summed E-state index contributed by atoms with van der Waals surface area (Å²) in [4.78, 5) is 50.7. The summed E-state index contributed by atoms with van der Waals surface area (Å²) in [5.41, 5.74) is 15.5. The molecular weight excluding hydrogens is 358 g/mol. The van der Waals surface area contributed by atoms with Crippen molar-refractivity contribution in [1.82, 2.24) is 16.0 Å². The first-order valence-electron chi connectivity index (χ1n) is 8.61. The highest BCUT2D eigenvalue weighted by atomic mass is 16.4. The molecule has 0 bridgehead atoms. The third-order valence-electron chi connectivity index (χ3n) is 3.97. The smallest absolute Gasteiger partial charge is 0.326 e. The van der Waals surface area contributed by atoms with Gasteiger partial charge in [-0.2, -0.15) is 0 Å². The van der Waals surface area contributed by atoms with Crippen LogP contribution in [0.2, 0.25) is 0 Å². The zero-order chi connectivity index (χ0) is 20.4. The Balaban J connectivity index is 2.75. The molecule has 27 heavy (non-hydrogen) atoms. The zero-order valence-corrected chi connectivity index (χ0v) is 14.9. The van der Waals surface area contributed by atoms with E-state index in [4.69, 9.17) is 22.3 Å². The lowest BCUT2D eigenvalue weighted by molar-refractivity contribution is -0.143.